The first-order chi connectivity index (χ1) is 8.04. The van der Waals surface area contributed by atoms with Crippen LogP contribution in [0, 0.1) is 0 Å². The number of phenolic OH excluding ortho intramolecular Hbond substituents is 1. The van der Waals surface area contributed by atoms with E-state index in [0.717, 1.165) is 36.1 Å². The van der Waals surface area contributed by atoms with Gasteiger partial charge in [-0.2, -0.15) is 0 Å². The van der Waals surface area contributed by atoms with E-state index in [4.69, 9.17) is 0 Å². The number of nitrogens with zero attached hydrogens (tertiary/aromatic N) is 1. The molecule has 3 heteroatoms. The Morgan fingerprint density at radius 1 is 1.24 bits per heavy atom. The van der Waals surface area contributed by atoms with Crippen molar-refractivity contribution in [3.05, 3.63) is 39.4 Å². The maximum atomic E-state index is 9.56. The van der Waals surface area contributed by atoms with E-state index >= 15 is 0 Å². The summed E-state index contributed by atoms with van der Waals surface area (Å²) in [6, 6.07) is 5.63. The van der Waals surface area contributed by atoms with Crippen molar-refractivity contribution in [1.82, 2.24) is 4.90 Å². The molecular weight excluding hydrogens is 278 g/mol. The molecule has 0 atom stereocenters. The van der Waals surface area contributed by atoms with Crippen molar-refractivity contribution in [3.63, 3.8) is 0 Å². The monoisotopic (exact) mass is 295 g/mol. The quantitative estimate of drug-likeness (QED) is 0.841. The highest BCUT2D eigenvalue weighted by atomic mass is 79.9. The fourth-order valence-electron chi connectivity index (χ4n) is 2.21. The van der Waals surface area contributed by atoms with Crippen LogP contribution in [0.4, 0.5) is 0 Å². The molecule has 1 aromatic carbocycles. The lowest BCUT2D eigenvalue weighted by Gasteiger charge is -2.28. The number of halogens is 1. The number of benzene rings is 1. The Morgan fingerprint density at radius 2 is 2.00 bits per heavy atom. The minimum atomic E-state index is 0.329. The van der Waals surface area contributed by atoms with Gasteiger partial charge in [-0.1, -0.05) is 27.1 Å². The topological polar surface area (TPSA) is 23.5 Å². The third-order valence-electron chi connectivity index (χ3n) is 3.34. The number of aromatic hydroxyl groups is 1. The molecule has 0 bridgehead atoms. The van der Waals surface area contributed by atoms with Gasteiger partial charge in [0, 0.05) is 24.1 Å². The summed E-state index contributed by atoms with van der Waals surface area (Å²) in [5.74, 6) is 0.329. The van der Waals surface area contributed by atoms with Gasteiger partial charge in [0.25, 0.3) is 0 Å². The lowest BCUT2D eigenvalue weighted by molar-refractivity contribution is 0.277. The number of phenols is 1. The van der Waals surface area contributed by atoms with Gasteiger partial charge in [-0.25, -0.2) is 0 Å². The number of hydrogen-bond acceptors (Lipinski definition) is 2. The van der Waals surface area contributed by atoms with E-state index < -0.39 is 0 Å². The molecule has 0 spiro atoms. The Hall–Kier alpha value is -0.800. The standard InChI is InChI=1S/C14H18BrNO/c1-10-3-4-16(8-11(10)2)9-12-5-13(15)7-14(17)6-12/h5-7,17H,3-4,8-9H2,1-2H3. The summed E-state index contributed by atoms with van der Waals surface area (Å²) in [5, 5.41) is 9.56. The zero-order chi connectivity index (χ0) is 12.4. The summed E-state index contributed by atoms with van der Waals surface area (Å²) in [5.41, 5.74) is 4.16. The average Bonchev–Trinajstić information content (AvgIpc) is 2.22. The van der Waals surface area contributed by atoms with Gasteiger partial charge in [0.1, 0.15) is 5.75 Å². The summed E-state index contributed by atoms with van der Waals surface area (Å²) in [6.45, 7) is 7.48. The first-order valence-corrected chi connectivity index (χ1v) is 6.70. The van der Waals surface area contributed by atoms with Gasteiger partial charge >= 0.3 is 0 Å². The second-order valence-electron chi connectivity index (χ2n) is 4.84. The summed E-state index contributed by atoms with van der Waals surface area (Å²) in [7, 11) is 0. The minimum Gasteiger partial charge on any atom is -0.508 e. The molecule has 1 heterocycles. The Kier molecular flexibility index (Phi) is 3.89. The molecular formula is C14H18BrNO. The van der Waals surface area contributed by atoms with Gasteiger partial charge in [0.15, 0.2) is 0 Å². The molecule has 17 heavy (non-hydrogen) atoms. The maximum absolute atomic E-state index is 9.56. The summed E-state index contributed by atoms with van der Waals surface area (Å²) in [4.78, 5) is 2.42. The largest absolute Gasteiger partial charge is 0.508 e. The third-order valence-corrected chi connectivity index (χ3v) is 3.80. The van der Waals surface area contributed by atoms with Crippen molar-refractivity contribution in [3.8, 4) is 5.75 Å². The van der Waals surface area contributed by atoms with Crippen LogP contribution in [0.1, 0.15) is 25.8 Å². The highest BCUT2D eigenvalue weighted by Gasteiger charge is 2.14. The van der Waals surface area contributed by atoms with Crippen LogP contribution in [0.5, 0.6) is 5.75 Å². The smallest absolute Gasteiger partial charge is 0.117 e. The van der Waals surface area contributed by atoms with Crippen LogP contribution in [0.2, 0.25) is 0 Å². The molecule has 0 saturated heterocycles. The van der Waals surface area contributed by atoms with Crippen LogP contribution >= 0.6 is 15.9 Å². The summed E-state index contributed by atoms with van der Waals surface area (Å²) in [6.07, 6.45) is 1.16. The van der Waals surface area contributed by atoms with E-state index in [1.807, 2.05) is 6.07 Å². The molecule has 0 amide bonds. The highest BCUT2D eigenvalue weighted by molar-refractivity contribution is 9.10. The summed E-state index contributed by atoms with van der Waals surface area (Å²) < 4.78 is 0.938. The van der Waals surface area contributed by atoms with Gasteiger partial charge in [-0.3, -0.25) is 4.90 Å². The van der Waals surface area contributed by atoms with E-state index in [2.05, 4.69) is 40.7 Å². The van der Waals surface area contributed by atoms with Crippen LogP contribution in [0.3, 0.4) is 0 Å². The van der Waals surface area contributed by atoms with Gasteiger partial charge < -0.3 is 5.11 Å². The maximum Gasteiger partial charge on any atom is 0.117 e. The molecule has 0 aliphatic carbocycles. The molecule has 0 unspecified atom stereocenters. The van der Waals surface area contributed by atoms with Crippen LogP contribution in [-0.4, -0.2) is 23.1 Å². The zero-order valence-corrected chi connectivity index (χ0v) is 11.9. The Bertz CT molecular complexity index is 433. The third kappa shape index (κ3) is 3.33. The van der Waals surface area contributed by atoms with Crippen molar-refractivity contribution in [2.45, 2.75) is 26.8 Å². The fraction of sp³-hybridized carbons (Fsp3) is 0.429. The van der Waals surface area contributed by atoms with E-state index in [1.165, 1.54) is 11.1 Å². The highest BCUT2D eigenvalue weighted by Crippen LogP contribution is 2.23. The van der Waals surface area contributed by atoms with Crippen LogP contribution in [-0.2, 0) is 6.54 Å². The SMILES string of the molecule is CC1=C(C)CN(Cc2cc(O)cc(Br)c2)CC1. The van der Waals surface area contributed by atoms with Gasteiger partial charge in [0.05, 0.1) is 0 Å². The lowest BCUT2D eigenvalue weighted by atomic mass is 10.0. The molecule has 0 aromatic heterocycles. The first-order valence-electron chi connectivity index (χ1n) is 5.90. The molecule has 2 rings (SSSR count). The molecule has 0 saturated carbocycles. The Morgan fingerprint density at radius 3 is 2.65 bits per heavy atom. The molecule has 0 fully saturated rings. The average molecular weight is 296 g/mol. The van der Waals surface area contributed by atoms with E-state index in [0.29, 0.717) is 5.75 Å². The van der Waals surface area contributed by atoms with Gasteiger partial charge in [-0.05, 0) is 44.0 Å². The van der Waals surface area contributed by atoms with Crippen molar-refractivity contribution >= 4 is 15.9 Å². The second-order valence-corrected chi connectivity index (χ2v) is 5.75. The van der Waals surface area contributed by atoms with Crippen LogP contribution < -0.4 is 0 Å². The first kappa shape index (κ1) is 12.7. The van der Waals surface area contributed by atoms with Crippen molar-refractivity contribution in [2.24, 2.45) is 0 Å². The van der Waals surface area contributed by atoms with E-state index in [-0.39, 0.29) is 0 Å². The van der Waals surface area contributed by atoms with Crippen molar-refractivity contribution in [2.75, 3.05) is 13.1 Å². The molecule has 1 aliphatic heterocycles. The molecule has 1 N–H and O–H groups in total. The van der Waals surface area contributed by atoms with Crippen LogP contribution in [0.25, 0.3) is 0 Å². The predicted octanol–water partition coefficient (Wildman–Crippen LogP) is 3.70. The normalized spacial score (nSPS) is 17.6. The molecule has 2 nitrogen and oxygen atoms in total. The second kappa shape index (κ2) is 5.23. The number of hydrogen-bond donors (Lipinski definition) is 1. The minimum absolute atomic E-state index is 0.329. The van der Waals surface area contributed by atoms with Crippen molar-refractivity contribution < 1.29 is 5.11 Å². The molecule has 92 valence electrons. The van der Waals surface area contributed by atoms with Crippen LogP contribution in [0.15, 0.2) is 33.8 Å². The predicted molar refractivity (Wildman–Crippen MR) is 74.1 cm³/mol. The molecule has 1 aliphatic rings. The lowest BCUT2D eigenvalue weighted by Crippen LogP contribution is -2.30. The van der Waals surface area contributed by atoms with Crippen molar-refractivity contribution in [1.29, 1.82) is 0 Å². The Balaban J connectivity index is 2.07. The molecule has 0 radical (unpaired) electrons. The van der Waals surface area contributed by atoms with Gasteiger partial charge in [-0.15, -0.1) is 0 Å². The van der Waals surface area contributed by atoms with Gasteiger partial charge in [0.2, 0.25) is 0 Å². The summed E-state index contributed by atoms with van der Waals surface area (Å²) >= 11 is 3.41. The Labute approximate surface area is 111 Å². The van der Waals surface area contributed by atoms with E-state index in [1.54, 1.807) is 6.07 Å². The zero-order valence-electron chi connectivity index (χ0n) is 10.3. The van der Waals surface area contributed by atoms with E-state index in [9.17, 15) is 5.11 Å². The fourth-order valence-corrected chi connectivity index (χ4v) is 2.73. The molecule has 1 aromatic rings. The number of rotatable bonds is 2.